The molecule has 0 aliphatic carbocycles. The van der Waals surface area contributed by atoms with Crippen molar-refractivity contribution < 1.29 is 14.4 Å². The van der Waals surface area contributed by atoms with Crippen molar-refractivity contribution >= 4 is 17.3 Å². The molecule has 0 atom stereocenters. The van der Waals surface area contributed by atoms with E-state index in [0.717, 1.165) is 39.3 Å². The van der Waals surface area contributed by atoms with Crippen LogP contribution < -0.4 is 10.2 Å². The minimum atomic E-state index is -0.408. The molecule has 0 bridgehead atoms. The second kappa shape index (κ2) is 8.88. The fourth-order valence-electron chi connectivity index (χ4n) is 3.01. The van der Waals surface area contributed by atoms with Crippen LogP contribution in [0, 0.1) is 10.1 Å². The summed E-state index contributed by atoms with van der Waals surface area (Å²) in [6.07, 6.45) is 2.26. The van der Waals surface area contributed by atoms with E-state index in [0.29, 0.717) is 38.7 Å². The highest BCUT2D eigenvalue weighted by molar-refractivity contribution is 5.70. The lowest BCUT2D eigenvalue weighted by atomic mass is 10.3. The van der Waals surface area contributed by atoms with Gasteiger partial charge < -0.3 is 19.7 Å². The Hall–Kier alpha value is -2.04. The van der Waals surface area contributed by atoms with Gasteiger partial charge in [-0.3, -0.25) is 15.0 Å². The van der Waals surface area contributed by atoms with Gasteiger partial charge in [0.1, 0.15) is 6.33 Å². The molecule has 1 aromatic heterocycles. The van der Waals surface area contributed by atoms with E-state index in [1.807, 2.05) is 4.90 Å². The molecule has 3 rings (SSSR count). The largest absolute Gasteiger partial charge is 0.379 e. The van der Waals surface area contributed by atoms with Gasteiger partial charge in [0.15, 0.2) is 0 Å². The first kappa shape index (κ1) is 17.8. The van der Waals surface area contributed by atoms with Crippen LogP contribution >= 0.6 is 0 Å². The molecule has 0 spiro atoms. The molecule has 10 heteroatoms. The molecule has 0 aromatic carbocycles. The van der Waals surface area contributed by atoms with Crippen molar-refractivity contribution in [3.8, 4) is 0 Å². The highest BCUT2D eigenvalue weighted by atomic mass is 16.6. The van der Waals surface area contributed by atoms with Crippen molar-refractivity contribution in [2.24, 2.45) is 0 Å². The van der Waals surface area contributed by atoms with Crippen LogP contribution in [-0.4, -0.2) is 85.5 Å². The summed E-state index contributed by atoms with van der Waals surface area (Å²) in [5, 5.41) is 14.7. The average Bonchev–Trinajstić information content (AvgIpc) is 2.66. The second-order valence-electron chi connectivity index (χ2n) is 5.99. The summed E-state index contributed by atoms with van der Waals surface area (Å²) in [6.45, 7) is 7.25. The average molecular weight is 352 g/mol. The molecule has 10 nitrogen and oxygen atoms in total. The van der Waals surface area contributed by atoms with E-state index >= 15 is 0 Å². The Labute approximate surface area is 146 Å². The second-order valence-corrected chi connectivity index (χ2v) is 5.99. The van der Waals surface area contributed by atoms with Crippen LogP contribution in [0.4, 0.5) is 17.3 Å². The Bertz CT molecular complexity index is 575. The highest BCUT2D eigenvalue weighted by Gasteiger charge is 2.27. The van der Waals surface area contributed by atoms with Gasteiger partial charge in [0.2, 0.25) is 11.6 Å². The van der Waals surface area contributed by atoms with Crippen LogP contribution in [-0.2, 0) is 9.47 Å². The maximum absolute atomic E-state index is 11.6. The highest BCUT2D eigenvalue weighted by Crippen LogP contribution is 2.32. The number of nitrogens with zero attached hydrogens (tertiary/aromatic N) is 5. The van der Waals surface area contributed by atoms with Crippen molar-refractivity contribution in [1.82, 2.24) is 14.9 Å². The van der Waals surface area contributed by atoms with E-state index in [9.17, 15) is 10.1 Å². The molecule has 2 aliphatic rings. The van der Waals surface area contributed by atoms with E-state index in [2.05, 4.69) is 20.2 Å². The van der Waals surface area contributed by atoms with E-state index in [1.165, 1.54) is 6.33 Å². The van der Waals surface area contributed by atoms with Crippen LogP contribution in [0.5, 0.6) is 0 Å². The minimum absolute atomic E-state index is 0.0595. The lowest BCUT2D eigenvalue weighted by molar-refractivity contribution is -0.383. The predicted octanol–water partition coefficient (Wildman–Crippen LogP) is 0.356. The summed E-state index contributed by atoms with van der Waals surface area (Å²) in [6, 6.07) is 0. The number of hydrogen-bond acceptors (Lipinski definition) is 9. The van der Waals surface area contributed by atoms with Gasteiger partial charge in [0.25, 0.3) is 0 Å². The van der Waals surface area contributed by atoms with Gasteiger partial charge in [-0.1, -0.05) is 0 Å². The number of nitro groups is 1. The molecule has 138 valence electrons. The van der Waals surface area contributed by atoms with Crippen molar-refractivity contribution in [2.45, 2.75) is 6.42 Å². The third-order valence-electron chi connectivity index (χ3n) is 4.34. The Balaban J connectivity index is 1.60. The summed E-state index contributed by atoms with van der Waals surface area (Å²) in [4.78, 5) is 23.6. The summed E-state index contributed by atoms with van der Waals surface area (Å²) in [5.74, 6) is 0.641. The molecule has 2 aliphatic heterocycles. The van der Waals surface area contributed by atoms with Crippen LogP contribution in [0.1, 0.15) is 6.42 Å². The topological polar surface area (TPSA) is 106 Å². The molecule has 3 heterocycles. The number of hydrogen-bond donors (Lipinski definition) is 1. The lowest BCUT2D eigenvalue weighted by Gasteiger charge is -2.27. The number of ether oxygens (including phenoxy) is 2. The SMILES string of the molecule is O=[N+]([O-])c1c(NCCCN2CCOCC2)ncnc1N1CCOCC1. The summed E-state index contributed by atoms with van der Waals surface area (Å²) >= 11 is 0. The molecule has 25 heavy (non-hydrogen) atoms. The van der Waals surface area contributed by atoms with E-state index in [4.69, 9.17) is 9.47 Å². The first-order valence-electron chi connectivity index (χ1n) is 8.62. The maximum Gasteiger partial charge on any atom is 0.353 e. The van der Waals surface area contributed by atoms with Crippen LogP contribution in [0.3, 0.4) is 0 Å². The Kier molecular flexibility index (Phi) is 6.31. The monoisotopic (exact) mass is 352 g/mol. The number of nitrogens with one attached hydrogen (secondary N) is 1. The number of aromatic nitrogens is 2. The van der Waals surface area contributed by atoms with Gasteiger partial charge in [0, 0.05) is 32.7 Å². The molecule has 1 N–H and O–H groups in total. The third-order valence-corrected chi connectivity index (χ3v) is 4.34. The van der Waals surface area contributed by atoms with Gasteiger partial charge in [-0.05, 0) is 13.0 Å². The van der Waals surface area contributed by atoms with Crippen molar-refractivity contribution in [3.05, 3.63) is 16.4 Å². The van der Waals surface area contributed by atoms with Crippen molar-refractivity contribution in [3.63, 3.8) is 0 Å². The third kappa shape index (κ3) is 4.74. The molecule has 0 saturated carbocycles. The predicted molar refractivity (Wildman–Crippen MR) is 92.1 cm³/mol. The quantitative estimate of drug-likeness (QED) is 0.423. The Morgan fingerprint density at radius 1 is 1.12 bits per heavy atom. The molecule has 2 saturated heterocycles. The molecule has 0 unspecified atom stereocenters. The van der Waals surface area contributed by atoms with Crippen molar-refractivity contribution in [2.75, 3.05) is 75.9 Å². The molecular weight excluding hydrogens is 328 g/mol. The zero-order chi connectivity index (χ0) is 17.5. The molecule has 1 aromatic rings. The summed E-state index contributed by atoms with van der Waals surface area (Å²) < 4.78 is 10.6. The summed E-state index contributed by atoms with van der Waals surface area (Å²) in [7, 11) is 0. The maximum atomic E-state index is 11.6. The minimum Gasteiger partial charge on any atom is -0.379 e. The van der Waals surface area contributed by atoms with Gasteiger partial charge >= 0.3 is 5.69 Å². The van der Waals surface area contributed by atoms with E-state index < -0.39 is 4.92 Å². The first-order chi connectivity index (χ1) is 12.3. The lowest BCUT2D eigenvalue weighted by Crippen LogP contribution is -2.37. The summed E-state index contributed by atoms with van der Waals surface area (Å²) in [5.41, 5.74) is -0.0595. The molecule has 0 amide bonds. The van der Waals surface area contributed by atoms with Crippen LogP contribution in [0.25, 0.3) is 0 Å². The molecule has 0 radical (unpaired) electrons. The Morgan fingerprint density at radius 3 is 2.48 bits per heavy atom. The smallest absolute Gasteiger partial charge is 0.353 e. The van der Waals surface area contributed by atoms with E-state index in [-0.39, 0.29) is 11.5 Å². The van der Waals surface area contributed by atoms with Gasteiger partial charge in [-0.15, -0.1) is 0 Å². The standard InChI is InChI=1S/C15H24N6O4/c22-21(23)13-14(16-2-1-3-19-4-8-24-9-5-19)17-12-18-15(13)20-6-10-25-11-7-20/h12H,1-11H2,(H,16,17,18). The van der Waals surface area contributed by atoms with Gasteiger partial charge in [0.05, 0.1) is 31.4 Å². The van der Waals surface area contributed by atoms with Crippen LogP contribution in [0.2, 0.25) is 0 Å². The number of rotatable bonds is 7. The van der Waals surface area contributed by atoms with E-state index in [1.54, 1.807) is 0 Å². The normalized spacial score (nSPS) is 19.0. The zero-order valence-electron chi connectivity index (χ0n) is 14.2. The Morgan fingerprint density at radius 2 is 1.80 bits per heavy atom. The van der Waals surface area contributed by atoms with Gasteiger partial charge in [-0.2, -0.15) is 0 Å². The first-order valence-corrected chi connectivity index (χ1v) is 8.62. The van der Waals surface area contributed by atoms with Crippen LogP contribution in [0.15, 0.2) is 6.33 Å². The fraction of sp³-hybridized carbons (Fsp3) is 0.733. The zero-order valence-corrected chi connectivity index (χ0v) is 14.2. The molecular formula is C15H24N6O4. The molecule has 2 fully saturated rings. The number of morpholine rings is 2. The fourth-order valence-corrected chi connectivity index (χ4v) is 3.01. The number of anilines is 2. The van der Waals surface area contributed by atoms with Gasteiger partial charge in [-0.25, -0.2) is 9.97 Å². The van der Waals surface area contributed by atoms with Crippen molar-refractivity contribution in [1.29, 1.82) is 0 Å².